The van der Waals surface area contributed by atoms with Crippen molar-refractivity contribution in [2.75, 3.05) is 0 Å². The largest absolute Gasteiger partial charge is 0.0776 e. The zero-order valence-corrected chi connectivity index (χ0v) is 9.28. The normalized spacial score (nSPS) is 11.2. The minimum Gasteiger partial charge on any atom is -0.0776 e. The Hall–Kier alpha value is 0. The average Bonchev–Trinajstić information content (AvgIpc) is 1.91. The lowest BCUT2D eigenvalue weighted by atomic mass is 9.95. The van der Waals surface area contributed by atoms with Gasteiger partial charge in [0.25, 0.3) is 0 Å². The molecule has 0 aliphatic heterocycles. The third kappa shape index (κ3) is 16.5. The molecule has 0 aliphatic carbocycles. The maximum absolute atomic E-state index is 2.35. The first-order valence-corrected chi connectivity index (χ1v) is 5.16. The van der Waals surface area contributed by atoms with Crippen LogP contribution in [0.25, 0.3) is 0 Å². The molecule has 12 heavy (non-hydrogen) atoms. The van der Waals surface area contributed by atoms with Gasteiger partial charge in [-0.2, -0.15) is 0 Å². The van der Waals surface area contributed by atoms with Gasteiger partial charge in [0.15, 0.2) is 0 Å². The molecule has 0 aromatic rings. The molecule has 0 fully saturated rings. The van der Waals surface area contributed by atoms with Crippen molar-refractivity contribution in [3.8, 4) is 0 Å². The molecule has 1 atom stereocenters. The highest BCUT2D eigenvalue weighted by molar-refractivity contribution is 4.54. The fraction of sp³-hybridized carbons (Fsp3) is 1.00. The summed E-state index contributed by atoms with van der Waals surface area (Å²) in [6.07, 6.45) is 4.14. The van der Waals surface area contributed by atoms with Gasteiger partial charge in [-0.3, -0.25) is 0 Å². The van der Waals surface area contributed by atoms with E-state index >= 15 is 0 Å². The van der Waals surface area contributed by atoms with E-state index in [1.807, 2.05) is 13.8 Å². The van der Waals surface area contributed by atoms with E-state index < -0.39 is 0 Å². The Balaban J connectivity index is -0.000000249. The SMILES string of the molecule is C.CC.CCCC(C)CC(C)C. The van der Waals surface area contributed by atoms with Gasteiger partial charge in [-0.15, -0.1) is 0 Å². The molecule has 0 spiro atoms. The first-order valence-electron chi connectivity index (χ1n) is 5.16. The molecule has 0 N–H and O–H groups in total. The summed E-state index contributed by atoms with van der Waals surface area (Å²) in [4.78, 5) is 0. The van der Waals surface area contributed by atoms with Crippen LogP contribution in [-0.2, 0) is 0 Å². The number of rotatable bonds is 4. The van der Waals surface area contributed by atoms with Crippen LogP contribution in [-0.4, -0.2) is 0 Å². The van der Waals surface area contributed by atoms with Crippen molar-refractivity contribution in [2.24, 2.45) is 11.8 Å². The molecule has 1 unspecified atom stereocenters. The van der Waals surface area contributed by atoms with Crippen molar-refractivity contribution in [2.45, 2.75) is 68.2 Å². The standard InChI is InChI=1S/C9H20.C2H6.CH4/c1-5-6-9(4)7-8(2)3;1-2;/h8-9H,5-7H2,1-4H3;1-2H3;1H4. The van der Waals surface area contributed by atoms with Crippen LogP contribution >= 0.6 is 0 Å². The van der Waals surface area contributed by atoms with E-state index in [9.17, 15) is 0 Å². The molecular formula is C12H30. The molecule has 78 valence electrons. The highest BCUT2D eigenvalue weighted by Gasteiger charge is 2.02. The quantitative estimate of drug-likeness (QED) is 0.554. The molecule has 0 heterocycles. The van der Waals surface area contributed by atoms with Gasteiger partial charge in [0.1, 0.15) is 0 Å². The Kier molecular flexibility index (Phi) is 20.3. The molecule has 0 rings (SSSR count). The van der Waals surface area contributed by atoms with Crippen molar-refractivity contribution < 1.29 is 0 Å². The van der Waals surface area contributed by atoms with Gasteiger partial charge in [0.05, 0.1) is 0 Å². The van der Waals surface area contributed by atoms with Gasteiger partial charge in [-0.05, 0) is 18.3 Å². The van der Waals surface area contributed by atoms with E-state index in [4.69, 9.17) is 0 Å². The zero-order valence-electron chi connectivity index (χ0n) is 9.28. The summed E-state index contributed by atoms with van der Waals surface area (Å²) in [5, 5.41) is 0. The van der Waals surface area contributed by atoms with Gasteiger partial charge in [-0.1, -0.05) is 61.8 Å². The van der Waals surface area contributed by atoms with E-state index in [2.05, 4.69) is 27.7 Å². The molecule has 0 aromatic carbocycles. The molecule has 0 radical (unpaired) electrons. The van der Waals surface area contributed by atoms with E-state index in [1.54, 1.807) is 0 Å². The Bertz CT molecular complexity index is 55.1. The van der Waals surface area contributed by atoms with Crippen LogP contribution in [0.4, 0.5) is 0 Å². The molecule has 0 heteroatoms. The molecule has 0 saturated heterocycles. The minimum absolute atomic E-state index is 0. The van der Waals surface area contributed by atoms with Crippen molar-refractivity contribution in [3.05, 3.63) is 0 Å². The lowest BCUT2D eigenvalue weighted by Crippen LogP contribution is -1.98. The second-order valence-corrected chi connectivity index (χ2v) is 3.52. The van der Waals surface area contributed by atoms with Crippen LogP contribution in [0.1, 0.15) is 68.2 Å². The van der Waals surface area contributed by atoms with Gasteiger partial charge < -0.3 is 0 Å². The summed E-state index contributed by atoms with van der Waals surface area (Å²) in [6, 6.07) is 0. The first-order chi connectivity index (χ1) is 5.16. The Labute approximate surface area is 80.8 Å². The number of hydrogen-bond donors (Lipinski definition) is 0. The van der Waals surface area contributed by atoms with Crippen LogP contribution in [0.2, 0.25) is 0 Å². The van der Waals surface area contributed by atoms with E-state index in [0.717, 1.165) is 11.8 Å². The lowest BCUT2D eigenvalue weighted by Gasteiger charge is -2.11. The first kappa shape index (κ1) is 17.9. The van der Waals surface area contributed by atoms with Crippen LogP contribution in [0.3, 0.4) is 0 Å². The van der Waals surface area contributed by atoms with Crippen molar-refractivity contribution in [1.29, 1.82) is 0 Å². The highest BCUT2D eigenvalue weighted by atomic mass is 14.1. The molecule has 0 nitrogen and oxygen atoms in total. The van der Waals surface area contributed by atoms with Crippen LogP contribution in [0.15, 0.2) is 0 Å². The molecule has 0 bridgehead atoms. The predicted molar refractivity (Wildman–Crippen MR) is 61.6 cm³/mol. The summed E-state index contributed by atoms with van der Waals surface area (Å²) in [7, 11) is 0. The third-order valence-corrected chi connectivity index (χ3v) is 1.66. The minimum atomic E-state index is 0. The smallest absolute Gasteiger partial charge is 0.0440 e. The van der Waals surface area contributed by atoms with Gasteiger partial charge in [0, 0.05) is 0 Å². The highest BCUT2D eigenvalue weighted by Crippen LogP contribution is 2.15. The molecule has 0 aromatic heterocycles. The van der Waals surface area contributed by atoms with Gasteiger partial charge in [0.2, 0.25) is 0 Å². The lowest BCUT2D eigenvalue weighted by molar-refractivity contribution is 0.412. The predicted octanol–water partition coefficient (Wildman–Crippen LogP) is 5.13. The number of hydrogen-bond acceptors (Lipinski definition) is 0. The molecule has 0 aliphatic rings. The monoisotopic (exact) mass is 174 g/mol. The Morgan fingerprint density at radius 1 is 1.00 bits per heavy atom. The Morgan fingerprint density at radius 2 is 1.42 bits per heavy atom. The molecule has 0 saturated carbocycles. The van der Waals surface area contributed by atoms with Gasteiger partial charge >= 0.3 is 0 Å². The molecule has 0 amide bonds. The summed E-state index contributed by atoms with van der Waals surface area (Å²) in [6.45, 7) is 13.2. The summed E-state index contributed by atoms with van der Waals surface area (Å²) < 4.78 is 0. The molecular weight excluding hydrogens is 144 g/mol. The van der Waals surface area contributed by atoms with Crippen LogP contribution in [0, 0.1) is 11.8 Å². The third-order valence-electron chi connectivity index (χ3n) is 1.66. The fourth-order valence-electron chi connectivity index (χ4n) is 1.42. The second-order valence-electron chi connectivity index (χ2n) is 3.52. The Morgan fingerprint density at radius 3 is 1.67 bits per heavy atom. The van der Waals surface area contributed by atoms with Crippen molar-refractivity contribution in [3.63, 3.8) is 0 Å². The second kappa shape index (κ2) is 13.6. The maximum atomic E-state index is 2.35. The van der Waals surface area contributed by atoms with Crippen molar-refractivity contribution >= 4 is 0 Å². The van der Waals surface area contributed by atoms with E-state index in [0.29, 0.717) is 0 Å². The average molecular weight is 174 g/mol. The summed E-state index contributed by atoms with van der Waals surface area (Å²) in [5.41, 5.74) is 0. The van der Waals surface area contributed by atoms with E-state index in [1.165, 1.54) is 19.3 Å². The zero-order chi connectivity index (χ0) is 9.28. The van der Waals surface area contributed by atoms with Crippen molar-refractivity contribution in [1.82, 2.24) is 0 Å². The topological polar surface area (TPSA) is 0 Å². The summed E-state index contributed by atoms with van der Waals surface area (Å²) in [5.74, 6) is 1.82. The fourth-order valence-corrected chi connectivity index (χ4v) is 1.42. The van der Waals surface area contributed by atoms with Crippen LogP contribution < -0.4 is 0 Å². The maximum Gasteiger partial charge on any atom is -0.0440 e. The van der Waals surface area contributed by atoms with Crippen LogP contribution in [0.5, 0.6) is 0 Å². The van der Waals surface area contributed by atoms with Gasteiger partial charge in [-0.25, -0.2) is 0 Å². The van der Waals surface area contributed by atoms with E-state index in [-0.39, 0.29) is 7.43 Å². The summed E-state index contributed by atoms with van der Waals surface area (Å²) >= 11 is 0.